The van der Waals surface area contributed by atoms with Crippen molar-refractivity contribution in [3.8, 4) is 0 Å². The zero-order chi connectivity index (χ0) is 16.0. The van der Waals surface area contributed by atoms with E-state index >= 15 is 0 Å². The van der Waals surface area contributed by atoms with Gasteiger partial charge in [-0.1, -0.05) is 76.9 Å². The minimum atomic E-state index is 0.333. The van der Waals surface area contributed by atoms with Crippen LogP contribution < -0.4 is 0 Å². The van der Waals surface area contributed by atoms with E-state index in [1.165, 1.54) is 83.5 Å². The number of allylic oxidation sites excluding steroid dienone is 2. The van der Waals surface area contributed by atoms with Crippen LogP contribution in [0.1, 0.15) is 96.8 Å². The fourth-order valence-electron chi connectivity index (χ4n) is 2.36. The van der Waals surface area contributed by atoms with E-state index in [9.17, 15) is 0 Å². The summed E-state index contributed by atoms with van der Waals surface area (Å²) in [4.78, 5) is 0. The molecule has 0 aliphatic carbocycles. The average molecular weight is 468 g/mol. The van der Waals surface area contributed by atoms with E-state index in [1.807, 2.05) is 0 Å². The van der Waals surface area contributed by atoms with Crippen LogP contribution in [0.25, 0.3) is 0 Å². The van der Waals surface area contributed by atoms with Gasteiger partial charge in [-0.3, -0.25) is 0 Å². The molecule has 0 saturated heterocycles. The zero-order valence-corrected chi connectivity index (χ0v) is 17.0. The van der Waals surface area contributed by atoms with Gasteiger partial charge in [-0.25, -0.2) is 0 Å². The normalized spacial score (nSPS) is 10.6. The molecule has 1 N–H and O–H groups in total. The van der Waals surface area contributed by atoms with Gasteiger partial charge in [-0.2, -0.15) is 0 Å². The quantitative estimate of drug-likeness (QED) is 0.240. The van der Waals surface area contributed by atoms with Crippen LogP contribution in [0.2, 0.25) is 0 Å². The number of hydrogen-bond acceptors (Lipinski definition) is 2. The fraction of sp³-hybridized carbons (Fsp3) is 0.889. The van der Waals surface area contributed by atoms with Crippen molar-refractivity contribution in [1.29, 1.82) is 0 Å². The molecule has 2 nitrogen and oxygen atoms in total. The van der Waals surface area contributed by atoms with Crippen molar-refractivity contribution in [1.82, 2.24) is 0 Å². The van der Waals surface area contributed by atoms with E-state index in [4.69, 9.17) is 8.50 Å². The van der Waals surface area contributed by atoms with Crippen LogP contribution in [-0.2, 0) is 23.2 Å². The summed E-state index contributed by atoms with van der Waals surface area (Å²) in [5, 5.41) is 8.66. The number of aliphatic hydroxyl groups is 1. The molecule has 0 amide bonds. The average Bonchev–Trinajstić information content (AvgIpc) is 2.53. The van der Waals surface area contributed by atoms with Crippen LogP contribution in [0.15, 0.2) is 12.2 Å². The Kier molecular flexibility index (Phi) is 28.1. The topological polar surface area (TPSA) is 37.3 Å². The molecule has 0 aliphatic heterocycles. The molecule has 0 bridgehead atoms. The molecule has 0 aromatic heterocycles. The predicted molar refractivity (Wildman–Crippen MR) is 87.2 cm³/mol. The second-order valence-electron chi connectivity index (χ2n) is 5.66. The maximum atomic E-state index is 8.66. The van der Waals surface area contributed by atoms with Crippen molar-refractivity contribution in [2.75, 3.05) is 6.61 Å². The van der Waals surface area contributed by atoms with Gasteiger partial charge >= 0.3 is 23.2 Å². The van der Waals surface area contributed by atoms with Gasteiger partial charge in [0.2, 0.25) is 0 Å². The Morgan fingerprint density at radius 2 is 1.05 bits per heavy atom. The molecule has 0 aromatic rings. The first-order chi connectivity index (χ1) is 10.4. The van der Waals surface area contributed by atoms with Crippen LogP contribution in [0, 0.1) is 0 Å². The molecule has 21 heavy (non-hydrogen) atoms. The van der Waals surface area contributed by atoms with Crippen molar-refractivity contribution in [2.45, 2.75) is 96.8 Å². The molecule has 0 rings (SSSR count). The van der Waals surface area contributed by atoms with Crippen molar-refractivity contribution < 1.29 is 28.3 Å². The van der Waals surface area contributed by atoms with Gasteiger partial charge in [0.1, 0.15) is 0 Å². The Morgan fingerprint density at radius 3 is 1.48 bits per heavy atom. The van der Waals surface area contributed by atoms with Gasteiger partial charge in [0.05, 0.1) is 0 Å². The Hall–Kier alpha value is 0.188. The first kappa shape index (κ1) is 23.5. The number of hydrogen-bond donors (Lipinski definition) is 1. The van der Waals surface area contributed by atoms with Crippen LogP contribution in [0.3, 0.4) is 0 Å². The molecule has 0 atom stereocenters. The summed E-state index contributed by atoms with van der Waals surface area (Å²) in [6.07, 6.45) is 23.2. The molecule has 0 spiro atoms. The van der Waals surface area contributed by atoms with Crippen LogP contribution >= 0.6 is 0 Å². The van der Waals surface area contributed by atoms with Gasteiger partial charge in [-0.05, 0) is 32.1 Å². The molecular formula is C18H36O2W. The van der Waals surface area contributed by atoms with Crippen molar-refractivity contribution in [2.24, 2.45) is 0 Å². The molecule has 0 heterocycles. The van der Waals surface area contributed by atoms with Gasteiger partial charge in [0, 0.05) is 6.61 Å². The Balaban J connectivity index is 0. The molecule has 0 fully saturated rings. The summed E-state index contributed by atoms with van der Waals surface area (Å²) in [6, 6.07) is 0. The first-order valence-electron chi connectivity index (χ1n) is 8.84. The van der Waals surface area contributed by atoms with E-state index in [0.29, 0.717) is 26.4 Å². The molecule has 0 unspecified atom stereocenters. The number of unbranched alkanes of at least 4 members (excludes halogenated alkanes) is 12. The van der Waals surface area contributed by atoms with Crippen LogP contribution in [0.4, 0.5) is 0 Å². The molecule has 0 saturated carbocycles. The SMILES string of the molecule is CCCCCCCC/C=C\CCCCCCCCO.[O]=[W]. The molecule has 0 radical (unpaired) electrons. The summed E-state index contributed by atoms with van der Waals surface area (Å²) in [6.45, 7) is 2.64. The van der Waals surface area contributed by atoms with Crippen molar-refractivity contribution in [3.05, 3.63) is 12.2 Å². The third-order valence-electron chi connectivity index (χ3n) is 3.67. The van der Waals surface area contributed by atoms with Gasteiger partial charge < -0.3 is 5.11 Å². The van der Waals surface area contributed by atoms with E-state index in [1.54, 1.807) is 0 Å². The van der Waals surface area contributed by atoms with Crippen LogP contribution in [0.5, 0.6) is 0 Å². The molecule has 126 valence electrons. The second kappa shape index (κ2) is 25.2. The Labute approximate surface area is 144 Å². The molecule has 0 aliphatic rings. The van der Waals surface area contributed by atoms with E-state index in [-0.39, 0.29) is 0 Å². The van der Waals surface area contributed by atoms with Crippen molar-refractivity contribution >= 4 is 0 Å². The maximum absolute atomic E-state index is 8.66. The third-order valence-corrected chi connectivity index (χ3v) is 3.67. The van der Waals surface area contributed by atoms with Crippen molar-refractivity contribution in [3.63, 3.8) is 0 Å². The standard InChI is InChI=1S/C18H36O.O.W/c1-2-3-4-5-6-7-8-9-10-11-12-13-14-15-16-17-18-19;;/h9-10,19H,2-8,11-18H2,1H3;;/b10-9-;;. The molecule has 0 aromatic carbocycles. The fourth-order valence-corrected chi connectivity index (χ4v) is 2.36. The van der Waals surface area contributed by atoms with Gasteiger partial charge in [0.15, 0.2) is 0 Å². The van der Waals surface area contributed by atoms with E-state index in [0.717, 1.165) is 6.42 Å². The molecular weight excluding hydrogens is 432 g/mol. The zero-order valence-electron chi connectivity index (χ0n) is 14.0. The minimum absolute atomic E-state index is 0.333. The number of rotatable bonds is 15. The monoisotopic (exact) mass is 468 g/mol. The summed E-state index contributed by atoms with van der Waals surface area (Å²) in [5.41, 5.74) is 0. The third kappa shape index (κ3) is 25.5. The Morgan fingerprint density at radius 1 is 0.667 bits per heavy atom. The summed E-state index contributed by atoms with van der Waals surface area (Å²) < 4.78 is 8.33. The number of aliphatic hydroxyl groups excluding tert-OH is 1. The van der Waals surface area contributed by atoms with Gasteiger partial charge in [-0.15, -0.1) is 0 Å². The Bertz CT molecular complexity index is 196. The summed E-state index contributed by atoms with van der Waals surface area (Å²) >= 11 is 0.333. The van der Waals surface area contributed by atoms with E-state index in [2.05, 4.69) is 19.1 Å². The van der Waals surface area contributed by atoms with Gasteiger partial charge in [0.25, 0.3) is 0 Å². The second-order valence-corrected chi connectivity index (χ2v) is 5.66. The van der Waals surface area contributed by atoms with E-state index < -0.39 is 0 Å². The van der Waals surface area contributed by atoms with Crippen LogP contribution in [-0.4, -0.2) is 11.7 Å². The predicted octanol–water partition coefficient (Wildman–Crippen LogP) is 5.89. The molecule has 3 heteroatoms. The summed E-state index contributed by atoms with van der Waals surface area (Å²) in [5.74, 6) is 0. The first-order valence-corrected chi connectivity index (χ1v) is 10.0. The summed E-state index contributed by atoms with van der Waals surface area (Å²) in [7, 11) is 0.